The van der Waals surface area contributed by atoms with E-state index < -0.39 is 0 Å². The molecule has 0 radical (unpaired) electrons. The fourth-order valence-electron chi connectivity index (χ4n) is 4.12. The Kier molecular flexibility index (Phi) is 5.07. The van der Waals surface area contributed by atoms with E-state index >= 15 is 0 Å². The summed E-state index contributed by atoms with van der Waals surface area (Å²) in [5.41, 5.74) is 3.79. The Morgan fingerprint density at radius 1 is 0.786 bits per heavy atom. The van der Waals surface area contributed by atoms with Crippen LogP contribution in [0.2, 0.25) is 0 Å². The number of nitrogens with zero attached hydrogens (tertiary/aromatic N) is 1. The Morgan fingerprint density at radius 2 is 1.36 bits per heavy atom. The molecule has 1 heterocycles. The summed E-state index contributed by atoms with van der Waals surface area (Å²) in [6.07, 6.45) is 0.706. The number of rotatable bonds is 3. The van der Waals surface area contributed by atoms with Crippen LogP contribution in [0.15, 0.2) is 84.9 Å². The van der Waals surface area contributed by atoms with Gasteiger partial charge in [-0.05, 0) is 35.7 Å². The van der Waals surface area contributed by atoms with Gasteiger partial charge in [0.1, 0.15) is 5.78 Å². The molecule has 140 valence electrons. The molecule has 3 nitrogen and oxygen atoms in total. The smallest absolute Gasteiger partial charge is 0.254 e. The zero-order valence-corrected chi connectivity index (χ0v) is 15.9. The quantitative estimate of drug-likeness (QED) is 0.630. The molecule has 2 atom stereocenters. The molecule has 0 bridgehead atoms. The van der Waals surface area contributed by atoms with E-state index in [2.05, 4.69) is 0 Å². The van der Waals surface area contributed by atoms with Gasteiger partial charge in [0.2, 0.25) is 0 Å². The average molecular weight is 369 g/mol. The average Bonchev–Trinajstić information content (AvgIpc) is 2.74. The van der Waals surface area contributed by atoms with Crippen LogP contribution < -0.4 is 0 Å². The lowest BCUT2D eigenvalue weighted by molar-refractivity contribution is -0.124. The maximum absolute atomic E-state index is 13.6. The van der Waals surface area contributed by atoms with Gasteiger partial charge in [0.25, 0.3) is 5.91 Å². The van der Waals surface area contributed by atoms with Gasteiger partial charge in [0, 0.05) is 18.4 Å². The minimum atomic E-state index is -0.264. The standard InChI is InChI=1S/C25H23NO2/c1-18-10-8-9-15-22(18)24-17-21(27)16-23(19-11-4-2-5-12-19)26(24)25(28)20-13-6-3-7-14-20/h2-15,23-24H,16-17H2,1H3/t23-,24+/m0/s1. The molecule has 1 aliphatic rings. The number of carbonyl (C=O) groups is 2. The van der Waals surface area contributed by atoms with E-state index in [0.29, 0.717) is 18.4 Å². The molecule has 1 amide bonds. The molecule has 0 spiro atoms. The highest BCUT2D eigenvalue weighted by Crippen LogP contribution is 2.42. The summed E-state index contributed by atoms with van der Waals surface area (Å²) in [6.45, 7) is 2.04. The van der Waals surface area contributed by atoms with Crippen molar-refractivity contribution in [2.75, 3.05) is 0 Å². The summed E-state index contributed by atoms with van der Waals surface area (Å²) in [7, 11) is 0. The van der Waals surface area contributed by atoms with Crippen LogP contribution >= 0.6 is 0 Å². The molecule has 3 aromatic rings. The van der Waals surface area contributed by atoms with E-state index in [1.807, 2.05) is 96.8 Å². The molecule has 0 aliphatic carbocycles. The summed E-state index contributed by atoms with van der Waals surface area (Å²) in [6, 6.07) is 26.7. The molecule has 4 rings (SSSR count). The van der Waals surface area contributed by atoms with Crippen LogP contribution in [0.4, 0.5) is 0 Å². The third-order valence-corrected chi connectivity index (χ3v) is 5.50. The highest BCUT2D eigenvalue weighted by Gasteiger charge is 2.40. The first-order valence-corrected chi connectivity index (χ1v) is 9.65. The molecule has 0 unspecified atom stereocenters. The van der Waals surface area contributed by atoms with E-state index in [1.54, 1.807) is 0 Å². The van der Waals surface area contributed by atoms with Gasteiger partial charge in [-0.3, -0.25) is 9.59 Å². The largest absolute Gasteiger partial charge is 0.324 e. The lowest BCUT2D eigenvalue weighted by Gasteiger charge is -2.42. The molecule has 1 fully saturated rings. The number of hydrogen-bond acceptors (Lipinski definition) is 2. The van der Waals surface area contributed by atoms with Crippen LogP contribution in [0.25, 0.3) is 0 Å². The van der Waals surface area contributed by atoms with Crippen LogP contribution in [0.5, 0.6) is 0 Å². The number of aryl methyl sites for hydroxylation is 1. The molecule has 3 heteroatoms. The van der Waals surface area contributed by atoms with E-state index in [4.69, 9.17) is 0 Å². The molecular weight excluding hydrogens is 346 g/mol. The lowest BCUT2D eigenvalue weighted by Crippen LogP contribution is -2.43. The molecule has 1 saturated heterocycles. The van der Waals surface area contributed by atoms with Crippen molar-refractivity contribution < 1.29 is 9.59 Å². The van der Waals surface area contributed by atoms with Gasteiger partial charge in [-0.15, -0.1) is 0 Å². The Balaban J connectivity index is 1.84. The molecule has 0 saturated carbocycles. The van der Waals surface area contributed by atoms with Crippen molar-refractivity contribution in [2.24, 2.45) is 0 Å². The second-order valence-corrected chi connectivity index (χ2v) is 7.32. The number of Topliss-reactive ketones (excluding diaryl/α,β-unsaturated/α-hetero) is 1. The van der Waals surface area contributed by atoms with Crippen molar-refractivity contribution in [3.05, 3.63) is 107 Å². The van der Waals surface area contributed by atoms with Gasteiger partial charge >= 0.3 is 0 Å². The third kappa shape index (κ3) is 3.48. The fourth-order valence-corrected chi connectivity index (χ4v) is 4.12. The molecule has 3 aromatic carbocycles. The highest BCUT2D eigenvalue weighted by molar-refractivity contribution is 5.96. The van der Waals surface area contributed by atoms with Crippen LogP contribution in [-0.4, -0.2) is 16.6 Å². The van der Waals surface area contributed by atoms with Crippen molar-refractivity contribution >= 4 is 11.7 Å². The minimum absolute atomic E-state index is 0.0322. The van der Waals surface area contributed by atoms with E-state index in [-0.39, 0.29) is 23.8 Å². The zero-order chi connectivity index (χ0) is 19.5. The molecule has 1 aliphatic heterocycles. The van der Waals surface area contributed by atoms with Crippen molar-refractivity contribution in [1.29, 1.82) is 0 Å². The third-order valence-electron chi connectivity index (χ3n) is 5.50. The van der Waals surface area contributed by atoms with Crippen LogP contribution in [0, 0.1) is 6.92 Å². The fraction of sp³-hybridized carbons (Fsp3) is 0.200. The summed E-state index contributed by atoms with van der Waals surface area (Å²) < 4.78 is 0. The zero-order valence-electron chi connectivity index (χ0n) is 15.9. The van der Waals surface area contributed by atoms with E-state index in [9.17, 15) is 9.59 Å². The monoisotopic (exact) mass is 369 g/mol. The number of amides is 1. The first-order chi connectivity index (χ1) is 13.6. The molecule has 0 aromatic heterocycles. The van der Waals surface area contributed by atoms with Crippen LogP contribution in [0.1, 0.15) is 52.0 Å². The number of carbonyl (C=O) groups excluding carboxylic acids is 2. The summed E-state index contributed by atoms with van der Waals surface area (Å²) >= 11 is 0. The lowest BCUT2D eigenvalue weighted by atomic mass is 9.85. The van der Waals surface area contributed by atoms with Gasteiger partial charge in [-0.1, -0.05) is 72.8 Å². The van der Waals surface area contributed by atoms with Crippen molar-refractivity contribution in [2.45, 2.75) is 31.8 Å². The predicted octanol–water partition coefficient (Wildman–Crippen LogP) is 5.28. The Morgan fingerprint density at radius 3 is 2.04 bits per heavy atom. The normalized spacial score (nSPS) is 19.5. The minimum Gasteiger partial charge on any atom is -0.324 e. The first kappa shape index (κ1) is 18.2. The molecular formula is C25H23NO2. The van der Waals surface area contributed by atoms with Crippen molar-refractivity contribution in [3.63, 3.8) is 0 Å². The number of ketones is 1. The van der Waals surface area contributed by atoms with Crippen LogP contribution in [0.3, 0.4) is 0 Å². The Bertz CT molecular complexity index is 982. The molecule has 0 N–H and O–H groups in total. The Hall–Kier alpha value is -3.20. The van der Waals surface area contributed by atoms with E-state index in [1.165, 1.54) is 0 Å². The van der Waals surface area contributed by atoms with E-state index in [0.717, 1.165) is 16.7 Å². The molecule has 28 heavy (non-hydrogen) atoms. The maximum Gasteiger partial charge on any atom is 0.254 e. The summed E-state index contributed by atoms with van der Waals surface area (Å²) in [5.74, 6) is 0.162. The van der Waals surface area contributed by atoms with Gasteiger partial charge in [-0.25, -0.2) is 0 Å². The number of benzene rings is 3. The van der Waals surface area contributed by atoms with Gasteiger partial charge in [0.05, 0.1) is 12.1 Å². The Labute approximate surface area is 165 Å². The topological polar surface area (TPSA) is 37.4 Å². The second-order valence-electron chi connectivity index (χ2n) is 7.32. The predicted molar refractivity (Wildman–Crippen MR) is 110 cm³/mol. The number of piperidine rings is 1. The second kappa shape index (κ2) is 7.81. The van der Waals surface area contributed by atoms with Gasteiger partial charge in [-0.2, -0.15) is 0 Å². The van der Waals surface area contributed by atoms with Crippen molar-refractivity contribution in [3.8, 4) is 0 Å². The number of hydrogen-bond donors (Lipinski definition) is 0. The summed E-state index contributed by atoms with van der Waals surface area (Å²) in [4.78, 5) is 28.2. The number of likely N-dealkylation sites (tertiary alicyclic amines) is 1. The van der Waals surface area contributed by atoms with Gasteiger partial charge < -0.3 is 4.90 Å². The maximum atomic E-state index is 13.6. The highest BCUT2D eigenvalue weighted by atomic mass is 16.2. The first-order valence-electron chi connectivity index (χ1n) is 9.65. The SMILES string of the molecule is Cc1ccccc1[C@H]1CC(=O)C[C@@H](c2ccccc2)N1C(=O)c1ccccc1. The van der Waals surface area contributed by atoms with Crippen LogP contribution in [-0.2, 0) is 4.79 Å². The van der Waals surface area contributed by atoms with Crippen molar-refractivity contribution in [1.82, 2.24) is 4.90 Å². The summed E-state index contributed by atoms with van der Waals surface area (Å²) in [5, 5.41) is 0. The van der Waals surface area contributed by atoms with Gasteiger partial charge in [0.15, 0.2) is 0 Å².